The smallest absolute Gasteiger partial charge is 0.245 e. The van der Waals surface area contributed by atoms with Crippen molar-refractivity contribution in [1.29, 1.82) is 0 Å². The molecule has 2 unspecified atom stereocenters. The van der Waals surface area contributed by atoms with Crippen molar-refractivity contribution in [2.45, 2.75) is 38.8 Å². The van der Waals surface area contributed by atoms with E-state index in [0.717, 1.165) is 10.2 Å². The molecule has 1 aromatic rings. The quantitative estimate of drug-likeness (QED) is 0.909. The molecular weight excluding hydrogens is 328 g/mol. The normalized spacial score (nSPS) is 23.6. The van der Waals surface area contributed by atoms with Gasteiger partial charge in [0.05, 0.1) is 3.79 Å². The van der Waals surface area contributed by atoms with Gasteiger partial charge in [-0.3, -0.25) is 9.59 Å². The number of thiophene rings is 1. The van der Waals surface area contributed by atoms with Crippen LogP contribution < -0.4 is 5.32 Å². The van der Waals surface area contributed by atoms with Crippen LogP contribution in [0.1, 0.15) is 25.1 Å². The third-order valence-corrected chi connectivity index (χ3v) is 5.06. The van der Waals surface area contributed by atoms with E-state index >= 15 is 0 Å². The fourth-order valence-corrected chi connectivity index (χ4v) is 3.66. The average molecular weight is 345 g/mol. The largest absolute Gasteiger partial charge is 0.343 e. The van der Waals surface area contributed by atoms with Crippen LogP contribution in [0.15, 0.2) is 15.9 Å². The van der Waals surface area contributed by atoms with E-state index in [2.05, 4.69) is 21.2 Å². The van der Waals surface area contributed by atoms with Crippen molar-refractivity contribution in [1.82, 2.24) is 10.2 Å². The SMILES string of the molecule is CCC1NC(=O)C(C)N(CCc2ccc(Br)s2)C1=O. The van der Waals surface area contributed by atoms with E-state index in [9.17, 15) is 9.59 Å². The van der Waals surface area contributed by atoms with Crippen LogP contribution >= 0.6 is 27.3 Å². The van der Waals surface area contributed by atoms with Gasteiger partial charge < -0.3 is 10.2 Å². The van der Waals surface area contributed by atoms with Crippen molar-refractivity contribution in [3.63, 3.8) is 0 Å². The molecule has 1 N–H and O–H groups in total. The minimum Gasteiger partial charge on any atom is -0.343 e. The van der Waals surface area contributed by atoms with Gasteiger partial charge in [0.15, 0.2) is 0 Å². The summed E-state index contributed by atoms with van der Waals surface area (Å²) in [6, 6.07) is 3.31. The van der Waals surface area contributed by atoms with Crippen LogP contribution in [0.5, 0.6) is 0 Å². The number of hydrogen-bond acceptors (Lipinski definition) is 3. The van der Waals surface area contributed by atoms with Crippen molar-refractivity contribution in [2.24, 2.45) is 0 Å². The third kappa shape index (κ3) is 3.17. The number of rotatable bonds is 4. The number of piperazine rings is 1. The zero-order valence-electron chi connectivity index (χ0n) is 11.0. The Hall–Kier alpha value is -0.880. The van der Waals surface area contributed by atoms with Crippen LogP contribution in [0.2, 0.25) is 0 Å². The second-order valence-corrected chi connectivity index (χ2v) is 7.18. The van der Waals surface area contributed by atoms with Gasteiger partial charge in [-0.05, 0) is 47.8 Å². The maximum Gasteiger partial charge on any atom is 0.245 e. The molecular formula is C13H17BrN2O2S. The summed E-state index contributed by atoms with van der Waals surface area (Å²) in [7, 11) is 0. The fourth-order valence-electron chi connectivity index (χ4n) is 2.18. The zero-order chi connectivity index (χ0) is 14.0. The maximum absolute atomic E-state index is 12.2. The van der Waals surface area contributed by atoms with E-state index in [-0.39, 0.29) is 23.9 Å². The van der Waals surface area contributed by atoms with Crippen LogP contribution in [0.25, 0.3) is 0 Å². The average Bonchev–Trinajstić information content (AvgIpc) is 2.79. The van der Waals surface area contributed by atoms with Crippen LogP contribution in [-0.4, -0.2) is 35.3 Å². The van der Waals surface area contributed by atoms with Crippen LogP contribution in [0, 0.1) is 0 Å². The highest BCUT2D eigenvalue weighted by Gasteiger charge is 2.36. The summed E-state index contributed by atoms with van der Waals surface area (Å²) in [5, 5.41) is 2.76. The Balaban J connectivity index is 2.03. The first kappa shape index (κ1) is 14.5. The molecule has 1 saturated heterocycles. The van der Waals surface area contributed by atoms with E-state index in [1.807, 2.05) is 19.1 Å². The van der Waals surface area contributed by atoms with Crippen molar-refractivity contribution in [3.05, 3.63) is 20.8 Å². The standard InChI is InChI=1S/C13H17BrN2O2S/c1-3-10-13(18)16(8(2)12(17)15-10)7-6-9-4-5-11(14)19-9/h4-5,8,10H,3,6-7H2,1-2H3,(H,15,17). The molecule has 1 aliphatic heterocycles. The Morgan fingerprint density at radius 3 is 2.74 bits per heavy atom. The Bertz CT molecular complexity index is 489. The van der Waals surface area contributed by atoms with Gasteiger partial charge in [0.2, 0.25) is 11.8 Å². The first-order chi connectivity index (χ1) is 9.02. The van der Waals surface area contributed by atoms with E-state index in [1.165, 1.54) is 4.88 Å². The predicted molar refractivity (Wildman–Crippen MR) is 79.1 cm³/mol. The highest BCUT2D eigenvalue weighted by molar-refractivity contribution is 9.11. The first-order valence-electron chi connectivity index (χ1n) is 6.38. The number of hydrogen-bond donors (Lipinski definition) is 1. The first-order valence-corrected chi connectivity index (χ1v) is 7.99. The molecule has 2 heterocycles. The molecule has 0 aliphatic carbocycles. The lowest BCUT2D eigenvalue weighted by atomic mass is 10.1. The summed E-state index contributed by atoms with van der Waals surface area (Å²) in [5.74, 6) is -0.0240. The number of carbonyl (C=O) groups excluding carboxylic acids is 2. The zero-order valence-corrected chi connectivity index (χ0v) is 13.4. The van der Waals surface area contributed by atoms with Gasteiger partial charge in [-0.25, -0.2) is 0 Å². The Morgan fingerprint density at radius 2 is 2.16 bits per heavy atom. The molecule has 0 spiro atoms. The molecule has 2 rings (SSSR count). The van der Waals surface area contributed by atoms with Crippen molar-refractivity contribution >= 4 is 39.1 Å². The second-order valence-electron chi connectivity index (χ2n) is 4.63. The fraction of sp³-hybridized carbons (Fsp3) is 0.538. The molecule has 0 saturated carbocycles. The van der Waals surface area contributed by atoms with Gasteiger partial charge in [0.25, 0.3) is 0 Å². The van der Waals surface area contributed by atoms with E-state index in [0.29, 0.717) is 13.0 Å². The maximum atomic E-state index is 12.2. The van der Waals surface area contributed by atoms with Crippen LogP contribution in [0.4, 0.5) is 0 Å². The Labute approximate surface area is 125 Å². The van der Waals surface area contributed by atoms with E-state index in [1.54, 1.807) is 23.2 Å². The second kappa shape index (κ2) is 6.05. The molecule has 19 heavy (non-hydrogen) atoms. The molecule has 1 aromatic heterocycles. The molecule has 2 atom stereocenters. The molecule has 0 aromatic carbocycles. The van der Waals surface area contributed by atoms with E-state index < -0.39 is 0 Å². The molecule has 6 heteroatoms. The molecule has 0 radical (unpaired) electrons. The summed E-state index contributed by atoms with van der Waals surface area (Å²) >= 11 is 5.09. The van der Waals surface area contributed by atoms with Crippen molar-refractivity contribution in [3.8, 4) is 0 Å². The highest BCUT2D eigenvalue weighted by Crippen LogP contribution is 2.23. The van der Waals surface area contributed by atoms with Gasteiger partial charge >= 0.3 is 0 Å². The highest BCUT2D eigenvalue weighted by atomic mass is 79.9. The summed E-state index contributed by atoms with van der Waals surface area (Å²) in [5.41, 5.74) is 0. The summed E-state index contributed by atoms with van der Waals surface area (Å²) in [6.45, 7) is 4.29. The number of amides is 2. The summed E-state index contributed by atoms with van der Waals surface area (Å²) in [6.07, 6.45) is 1.43. The van der Waals surface area contributed by atoms with Crippen LogP contribution in [-0.2, 0) is 16.0 Å². The summed E-state index contributed by atoms with van der Waals surface area (Å²) in [4.78, 5) is 27.0. The number of nitrogens with zero attached hydrogens (tertiary/aromatic N) is 1. The lowest BCUT2D eigenvalue weighted by Crippen LogP contribution is -2.62. The van der Waals surface area contributed by atoms with Gasteiger partial charge in [0.1, 0.15) is 12.1 Å². The van der Waals surface area contributed by atoms with Crippen molar-refractivity contribution < 1.29 is 9.59 Å². The van der Waals surface area contributed by atoms with Gasteiger partial charge in [-0.2, -0.15) is 0 Å². The number of halogens is 1. The van der Waals surface area contributed by atoms with Crippen LogP contribution in [0.3, 0.4) is 0 Å². The Morgan fingerprint density at radius 1 is 1.42 bits per heavy atom. The Kier molecular flexibility index (Phi) is 4.62. The molecule has 1 aliphatic rings. The van der Waals surface area contributed by atoms with Gasteiger partial charge in [0, 0.05) is 11.4 Å². The molecule has 104 valence electrons. The van der Waals surface area contributed by atoms with Crippen molar-refractivity contribution in [2.75, 3.05) is 6.54 Å². The van der Waals surface area contributed by atoms with Gasteiger partial charge in [-0.1, -0.05) is 6.92 Å². The molecule has 0 bridgehead atoms. The van der Waals surface area contributed by atoms with Gasteiger partial charge in [-0.15, -0.1) is 11.3 Å². The van der Waals surface area contributed by atoms with E-state index in [4.69, 9.17) is 0 Å². The molecule has 2 amide bonds. The molecule has 4 nitrogen and oxygen atoms in total. The lowest BCUT2D eigenvalue weighted by Gasteiger charge is -2.37. The minimum absolute atomic E-state index is 0.0326. The topological polar surface area (TPSA) is 49.4 Å². The number of carbonyl (C=O) groups is 2. The monoisotopic (exact) mass is 344 g/mol. The minimum atomic E-state index is -0.376. The predicted octanol–water partition coefficient (Wildman–Crippen LogP) is 2.18. The number of nitrogens with one attached hydrogen (secondary N) is 1. The third-order valence-electron chi connectivity index (χ3n) is 3.38. The summed E-state index contributed by atoms with van der Waals surface area (Å²) < 4.78 is 1.09. The lowest BCUT2D eigenvalue weighted by molar-refractivity contribution is -0.148. The molecule has 1 fully saturated rings.